The summed E-state index contributed by atoms with van der Waals surface area (Å²) in [6.45, 7) is 11.8. The van der Waals surface area contributed by atoms with E-state index in [1.807, 2.05) is 20.8 Å². The highest BCUT2D eigenvalue weighted by molar-refractivity contribution is 5.68. The molecule has 1 aliphatic heterocycles. The lowest BCUT2D eigenvalue weighted by Gasteiger charge is -2.47. The summed E-state index contributed by atoms with van der Waals surface area (Å²) in [5.74, 6) is 0. The summed E-state index contributed by atoms with van der Waals surface area (Å²) >= 11 is 0. The van der Waals surface area contributed by atoms with Crippen molar-refractivity contribution in [1.29, 1.82) is 0 Å². The largest absolute Gasteiger partial charge is 0.444 e. The molecule has 0 aromatic rings. The van der Waals surface area contributed by atoms with Gasteiger partial charge in [0.1, 0.15) is 5.60 Å². The lowest BCUT2D eigenvalue weighted by molar-refractivity contribution is -0.0328. The zero-order valence-corrected chi connectivity index (χ0v) is 13.9. The molecule has 1 N–H and O–H groups in total. The Labute approximate surface area is 128 Å². The number of ether oxygens (including phenoxy) is 2. The number of rotatable bonds is 2. The molecule has 1 saturated carbocycles. The molecule has 1 saturated heterocycles. The standard InChI is InChI=1S/C16H30N2O3/c1-15(2,3)21-14(19)17-13-5-7-16(4,8-6-13)18-9-11-20-12-10-18/h13H,5-12H2,1-4H3,(H,17,19). The molecule has 5 heteroatoms. The van der Waals surface area contributed by atoms with Gasteiger partial charge in [0.25, 0.3) is 0 Å². The highest BCUT2D eigenvalue weighted by Crippen LogP contribution is 2.34. The summed E-state index contributed by atoms with van der Waals surface area (Å²) in [5.41, 5.74) is -0.170. The van der Waals surface area contributed by atoms with Crippen LogP contribution in [0.4, 0.5) is 4.79 Å². The van der Waals surface area contributed by atoms with E-state index in [0.717, 1.165) is 52.0 Å². The number of nitrogens with one attached hydrogen (secondary N) is 1. The van der Waals surface area contributed by atoms with Gasteiger partial charge in [-0.05, 0) is 53.4 Å². The topological polar surface area (TPSA) is 50.8 Å². The zero-order chi connectivity index (χ0) is 15.5. The molecule has 0 atom stereocenters. The van der Waals surface area contributed by atoms with Gasteiger partial charge in [0, 0.05) is 24.7 Å². The van der Waals surface area contributed by atoms with Crippen molar-refractivity contribution in [2.75, 3.05) is 26.3 Å². The number of nitrogens with zero attached hydrogens (tertiary/aromatic N) is 1. The molecule has 1 heterocycles. The van der Waals surface area contributed by atoms with Crippen molar-refractivity contribution in [3.63, 3.8) is 0 Å². The van der Waals surface area contributed by atoms with E-state index in [2.05, 4.69) is 17.1 Å². The van der Waals surface area contributed by atoms with Crippen molar-refractivity contribution in [1.82, 2.24) is 10.2 Å². The Hall–Kier alpha value is -0.810. The second-order valence-electron chi connectivity index (χ2n) is 7.52. The SMILES string of the molecule is CC(C)(C)OC(=O)NC1CCC(C)(N2CCOCC2)CC1. The summed E-state index contributed by atoms with van der Waals surface area (Å²) in [6.07, 6.45) is 3.99. The number of carbonyl (C=O) groups excluding carboxylic acids is 1. The van der Waals surface area contributed by atoms with Crippen LogP contribution >= 0.6 is 0 Å². The number of alkyl carbamates (subject to hydrolysis) is 1. The zero-order valence-electron chi connectivity index (χ0n) is 13.9. The average Bonchev–Trinajstić information content (AvgIpc) is 2.40. The van der Waals surface area contributed by atoms with Crippen molar-refractivity contribution >= 4 is 6.09 Å². The summed E-state index contributed by atoms with van der Waals surface area (Å²) < 4.78 is 10.8. The van der Waals surface area contributed by atoms with Gasteiger partial charge >= 0.3 is 6.09 Å². The lowest BCUT2D eigenvalue weighted by Crippen LogP contribution is -2.55. The molecule has 0 bridgehead atoms. The average molecular weight is 298 g/mol. The van der Waals surface area contributed by atoms with E-state index in [-0.39, 0.29) is 17.7 Å². The number of carbonyl (C=O) groups is 1. The van der Waals surface area contributed by atoms with Crippen LogP contribution in [0.2, 0.25) is 0 Å². The molecule has 1 amide bonds. The van der Waals surface area contributed by atoms with Gasteiger partial charge in [-0.3, -0.25) is 4.90 Å². The van der Waals surface area contributed by atoms with E-state index in [1.54, 1.807) is 0 Å². The van der Waals surface area contributed by atoms with Crippen molar-refractivity contribution < 1.29 is 14.3 Å². The minimum absolute atomic E-state index is 0.244. The van der Waals surface area contributed by atoms with E-state index in [1.165, 1.54) is 0 Å². The molecule has 1 aliphatic carbocycles. The fraction of sp³-hybridized carbons (Fsp3) is 0.938. The Kier molecular flexibility index (Phi) is 5.15. The first-order valence-electron chi connectivity index (χ1n) is 8.11. The van der Waals surface area contributed by atoms with Gasteiger partial charge in [0.05, 0.1) is 13.2 Å². The van der Waals surface area contributed by atoms with Crippen LogP contribution in [0, 0.1) is 0 Å². The normalized spacial score (nSPS) is 31.7. The Morgan fingerprint density at radius 1 is 1.24 bits per heavy atom. The maximum absolute atomic E-state index is 11.8. The molecule has 2 fully saturated rings. The van der Waals surface area contributed by atoms with Crippen molar-refractivity contribution in [3.05, 3.63) is 0 Å². The van der Waals surface area contributed by atoms with E-state index < -0.39 is 5.60 Å². The maximum atomic E-state index is 11.8. The molecule has 0 aromatic carbocycles. The lowest BCUT2D eigenvalue weighted by atomic mass is 9.79. The van der Waals surface area contributed by atoms with Gasteiger partial charge in [-0.1, -0.05) is 0 Å². The monoisotopic (exact) mass is 298 g/mol. The van der Waals surface area contributed by atoms with Crippen LogP contribution in [0.1, 0.15) is 53.4 Å². The quantitative estimate of drug-likeness (QED) is 0.851. The molecular formula is C16H30N2O3. The van der Waals surface area contributed by atoms with Crippen molar-refractivity contribution in [2.24, 2.45) is 0 Å². The fourth-order valence-electron chi connectivity index (χ4n) is 3.28. The first-order valence-corrected chi connectivity index (χ1v) is 8.11. The molecular weight excluding hydrogens is 268 g/mol. The van der Waals surface area contributed by atoms with E-state index >= 15 is 0 Å². The van der Waals surface area contributed by atoms with Gasteiger partial charge in [-0.25, -0.2) is 4.79 Å². The van der Waals surface area contributed by atoms with E-state index in [9.17, 15) is 4.79 Å². The maximum Gasteiger partial charge on any atom is 0.407 e. The Bertz CT molecular complexity index is 351. The fourth-order valence-corrected chi connectivity index (χ4v) is 3.28. The molecule has 0 radical (unpaired) electrons. The molecule has 122 valence electrons. The van der Waals surface area contributed by atoms with Gasteiger partial charge in [-0.15, -0.1) is 0 Å². The second kappa shape index (κ2) is 6.53. The van der Waals surface area contributed by atoms with Crippen LogP contribution in [0.5, 0.6) is 0 Å². The van der Waals surface area contributed by atoms with Crippen LogP contribution in [0.15, 0.2) is 0 Å². The highest BCUT2D eigenvalue weighted by Gasteiger charge is 2.37. The molecule has 5 nitrogen and oxygen atoms in total. The van der Waals surface area contributed by atoms with E-state index in [4.69, 9.17) is 9.47 Å². The molecule has 2 aliphatic rings. The van der Waals surface area contributed by atoms with Crippen LogP contribution in [-0.2, 0) is 9.47 Å². The molecule has 2 rings (SSSR count). The third-order valence-electron chi connectivity index (χ3n) is 4.56. The smallest absolute Gasteiger partial charge is 0.407 e. The number of hydrogen-bond acceptors (Lipinski definition) is 4. The summed E-state index contributed by atoms with van der Waals surface area (Å²) in [4.78, 5) is 14.4. The number of morpholine rings is 1. The third kappa shape index (κ3) is 4.85. The number of hydrogen-bond donors (Lipinski definition) is 1. The highest BCUT2D eigenvalue weighted by atomic mass is 16.6. The van der Waals surface area contributed by atoms with Gasteiger partial charge in [0.15, 0.2) is 0 Å². The minimum atomic E-state index is -0.429. The molecule has 21 heavy (non-hydrogen) atoms. The van der Waals surface area contributed by atoms with Gasteiger partial charge < -0.3 is 14.8 Å². The second-order valence-corrected chi connectivity index (χ2v) is 7.52. The van der Waals surface area contributed by atoms with Gasteiger partial charge in [0.2, 0.25) is 0 Å². The summed E-state index contributed by atoms with van der Waals surface area (Å²) in [7, 11) is 0. The molecule has 0 spiro atoms. The van der Waals surface area contributed by atoms with Crippen LogP contribution in [-0.4, -0.2) is 54.5 Å². The van der Waals surface area contributed by atoms with Crippen LogP contribution < -0.4 is 5.32 Å². The van der Waals surface area contributed by atoms with Crippen molar-refractivity contribution in [2.45, 2.75) is 70.6 Å². The van der Waals surface area contributed by atoms with Crippen LogP contribution in [0.3, 0.4) is 0 Å². The first-order chi connectivity index (χ1) is 9.78. The van der Waals surface area contributed by atoms with Crippen LogP contribution in [0.25, 0.3) is 0 Å². The Balaban J connectivity index is 1.78. The summed E-state index contributed by atoms with van der Waals surface area (Å²) in [6, 6.07) is 0.244. The summed E-state index contributed by atoms with van der Waals surface area (Å²) in [5, 5.41) is 3.01. The predicted octanol–water partition coefficient (Wildman–Crippen LogP) is 2.54. The van der Waals surface area contributed by atoms with E-state index in [0.29, 0.717) is 0 Å². The number of amides is 1. The minimum Gasteiger partial charge on any atom is -0.444 e. The predicted molar refractivity (Wildman–Crippen MR) is 82.4 cm³/mol. The third-order valence-corrected chi connectivity index (χ3v) is 4.56. The Morgan fingerprint density at radius 3 is 2.33 bits per heavy atom. The van der Waals surface area contributed by atoms with Crippen molar-refractivity contribution in [3.8, 4) is 0 Å². The molecule has 0 unspecified atom stereocenters. The van der Waals surface area contributed by atoms with Gasteiger partial charge in [-0.2, -0.15) is 0 Å². The molecule has 0 aromatic heterocycles. The Morgan fingerprint density at radius 2 is 1.81 bits per heavy atom. The first kappa shape index (κ1) is 16.6.